The highest BCUT2D eigenvalue weighted by Crippen LogP contribution is 2.60. The molecule has 0 spiro atoms. The minimum absolute atomic E-state index is 0.396. The van der Waals surface area contributed by atoms with Crippen LogP contribution in [0.3, 0.4) is 0 Å². The maximum Gasteiger partial charge on any atom is 0.180 e. The molecule has 0 N–H and O–H groups in total. The lowest BCUT2D eigenvalue weighted by molar-refractivity contribution is 0.482. The van der Waals surface area contributed by atoms with Crippen LogP contribution < -0.4 is 40.0 Å². The molecular weight excluding hydrogens is 1390 g/mol. The zero-order valence-electron chi connectivity index (χ0n) is 60.1. The fourth-order valence-electron chi connectivity index (χ4n) is 17.8. The van der Waals surface area contributed by atoms with E-state index in [4.69, 9.17) is 9.47 Å². The van der Waals surface area contributed by atoms with E-state index in [9.17, 15) is 0 Å². The smallest absolute Gasteiger partial charge is 0.180 e. The first-order chi connectivity index (χ1) is 54.5. The van der Waals surface area contributed by atoms with E-state index in [-0.39, 0.29) is 0 Å². The van der Waals surface area contributed by atoms with E-state index >= 15 is 17.6 Å². The molecule has 1 heterocycles. The molecule has 3 aliphatic rings. The standard InChI is InChI=1S/C102H68F4N2O2Si/c1-3-67-33-47-79(48-34-67)109-81-51-37-71(38-52-81)101(69-21-9-5-10-22-69)91-31-19-17-29-85(91)87-55-41-75(63-93(87)101)107(77-43-57-95(103)97(105)65-77)73-45-59-99-89(61-73)90-62-74(46-60-100(90)111(99,83-25-13-7-14-26-83)84-27-15-8-16-28-84)108(78-44-58-96(104)98(106)66-78)76-42-56-88-86-30-18-20-32-92(86)102(94(88)64-76,70-23-11-6-12-24-70)72-39-53-82(54-40-72)110-80-49-35-68(4-2)36-50-80/h3-66H,1-2H2. The van der Waals surface area contributed by atoms with Gasteiger partial charge in [-0.25, -0.2) is 17.6 Å². The van der Waals surface area contributed by atoms with Crippen molar-refractivity contribution in [2.45, 2.75) is 10.8 Å². The molecule has 111 heavy (non-hydrogen) atoms. The summed E-state index contributed by atoms with van der Waals surface area (Å²) in [5.74, 6) is -1.21. The number of halogens is 4. The maximum atomic E-state index is 16.5. The second-order valence-electron chi connectivity index (χ2n) is 28.4. The summed E-state index contributed by atoms with van der Waals surface area (Å²) >= 11 is 0. The quantitative estimate of drug-likeness (QED) is 0.0631. The Morgan fingerprint density at radius 3 is 0.919 bits per heavy atom. The molecule has 0 aromatic heterocycles. The Kier molecular flexibility index (Phi) is 16.7. The van der Waals surface area contributed by atoms with E-state index in [1.165, 1.54) is 24.3 Å². The van der Waals surface area contributed by atoms with Crippen LogP contribution >= 0.6 is 0 Å². The summed E-state index contributed by atoms with van der Waals surface area (Å²) in [4.78, 5) is 4.06. The number of rotatable bonds is 18. The third kappa shape index (κ3) is 11.0. The number of benzene rings is 16. The number of hydrogen-bond acceptors (Lipinski definition) is 4. The van der Waals surface area contributed by atoms with Gasteiger partial charge in [0.25, 0.3) is 0 Å². The predicted molar refractivity (Wildman–Crippen MR) is 446 cm³/mol. The summed E-state index contributed by atoms with van der Waals surface area (Å²) in [7, 11) is -3.32. The SMILES string of the molecule is C=Cc1ccc(Oc2ccc(C3(c4ccccc4)c4ccccc4-c4ccc(N(c5ccc(F)c(F)c5)c5ccc6c(c5)-c5cc(N(c7ccc(F)c(F)c7)c7ccc8c(c7)C(c7ccccc7)(c7ccc(Oc9ccc(C=C)cc9)cc7)c7ccccc7-8)ccc5[Si]6(c5ccccc5)c5ccccc5)cc43)cc2)cc1. The van der Waals surface area contributed by atoms with Crippen molar-refractivity contribution in [3.8, 4) is 56.4 Å². The van der Waals surface area contributed by atoms with Crippen molar-refractivity contribution in [3.05, 3.63) is 468 Å². The molecule has 1 aliphatic heterocycles. The van der Waals surface area contributed by atoms with Crippen LogP contribution in [0.1, 0.15) is 55.6 Å². The van der Waals surface area contributed by atoms with Crippen molar-refractivity contribution in [1.82, 2.24) is 0 Å². The van der Waals surface area contributed by atoms with Crippen molar-refractivity contribution in [3.63, 3.8) is 0 Å². The second kappa shape index (κ2) is 27.4. The van der Waals surface area contributed by atoms with E-state index in [2.05, 4.69) is 256 Å². The lowest BCUT2D eigenvalue weighted by Crippen LogP contribution is -2.72. The number of hydrogen-bond donors (Lipinski definition) is 0. The van der Waals surface area contributed by atoms with Gasteiger partial charge in [0.1, 0.15) is 23.0 Å². The Labute approximate surface area is 643 Å². The fraction of sp³-hybridized carbons (Fsp3) is 0.0196. The second-order valence-corrected chi connectivity index (χ2v) is 32.1. The molecule has 2 unspecified atom stereocenters. The van der Waals surface area contributed by atoms with E-state index in [1.807, 2.05) is 107 Å². The molecule has 0 saturated carbocycles. The largest absolute Gasteiger partial charge is 0.457 e. The van der Waals surface area contributed by atoms with Gasteiger partial charge in [0, 0.05) is 46.3 Å². The molecule has 16 aromatic carbocycles. The Morgan fingerprint density at radius 1 is 0.252 bits per heavy atom. The fourth-order valence-corrected chi connectivity index (χ4v) is 23.0. The minimum Gasteiger partial charge on any atom is -0.457 e. The van der Waals surface area contributed by atoms with Gasteiger partial charge < -0.3 is 19.3 Å². The van der Waals surface area contributed by atoms with Crippen molar-refractivity contribution < 1.29 is 27.0 Å². The lowest BCUT2D eigenvalue weighted by atomic mass is 9.67. The molecule has 19 rings (SSSR count). The summed E-state index contributed by atoms with van der Waals surface area (Å²) in [6.07, 6.45) is 3.61. The first kappa shape index (κ1) is 67.7. The first-order valence-electron chi connectivity index (χ1n) is 37.1. The molecule has 2 aliphatic carbocycles. The highest BCUT2D eigenvalue weighted by molar-refractivity contribution is 7.22. The third-order valence-corrected chi connectivity index (χ3v) is 27.5. The minimum atomic E-state index is -3.32. The maximum absolute atomic E-state index is 16.5. The van der Waals surface area contributed by atoms with Crippen LogP contribution in [0.25, 0.3) is 45.5 Å². The van der Waals surface area contributed by atoms with Crippen LogP contribution in [-0.4, -0.2) is 8.07 Å². The summed E-state index contributed by atoms with van der Waals surface area (Å²) < 4.78 is 77.2. The summed E-state index contributed by atoms with van der Waals surface area (Å²) in [6, 6.07) is 126. The first-order valence-corrected chi connectivity index (χ1v) is 39.1. The molecular formula is C102H68F4N2O2Si. The molecule has 4 nitrogen and oxygen atoms in total. The van der Waals surface area contributed by atoms with E-state index < -0.39 is 42.2 Å². The number of ether oxygens (including phenoxy) is 2. The van der Waals surface area contributed by atoms with Crippen molar-refractivity contribution >= 4 is 75.1 Å². The van der Waals surface area contributed by atoms with Gasteiger partial charge in [-0.2, -0.15) is 0 Å². The van der Waals surface area contributed by atoms with E-state index in [0.717, 1.165) is 110 Å². The zero-order valence-corrected chi connectivity index (χ0v) is 61.1. The molecule has 9 heteroatoms. The average Bonchev–Trinajstić information content (AvgIpc) is 1.55. The van der Waals surface area contributed by atoms with Gasteiger partial charge in [-0.3, -0.25) is 0 Å². The topological polar surface area (TPSA) is 24.9 Å². The molecule has 0 bridgehead atoms. The molecule has 0 radical (unpaired) electrons. The van der Waals surface area contributed by atoms with E-state index in [0.29, 0.717) is 57.1 Å². The normalized spacial score (nSPS) is 15.1. The Hall–Kier alpha value is -13.9. The van der Waals surface area contributed by atoms with Crippen molar-refractivity contribution in [2.24, 2.45) is 0 Å². The Balaban J connectivity index is 0.812. The number of anilines is 6. The molecule has 16 aromatic rings. The zero-order chi connectivity index (χ0) is 75.0. The highest BCUT2D eigenvalue weighted by atomic mass is 28.3. The van der Waals surface area contributed by atoms with Gasteiger partial charge in [0.2, 0.25) is 0 Å². The predicted octanol–water partition coefficient (Wildman–Crippen LogP) is 24.1. The summed E-state index contributed by atoms with van der Waals surface area (Å²) in [6.45, 7) is 7.85. The van der Waals surface area contributed by atoms with Crippen LogP contribution in [0.15, 0.2) is 389 Å². The average molecular weight is 1460 g/mol. The molecule has 0 saturated heterocycles. The van der Waals surface area contributed by atoms with Crippen LogP contribution in [0, 0.1) is 23.3 Å². The van der Waals surface area contributed by atoms with Gasteiger partial charge >= 0.3 is 0 Å². The van der Waals surface area contributed by atoms with Gasteiger partial charge in [-0.15, -0.1) is 0 Å². The summed E-state index contributed by atoms with van der Waals surface area (Å²) in [5, 5.41) is 4.53. The van der Waals surface area contributed by atoms with Crippen LogP contribution in [0.5, 0.6) is 23.0 Å². The summed E-state index contributed by atoms with van der Waals surface area (Å²) in [5.41, 5.74) is 18.0. The molecule has 0 fully saturated rings. The van der Waals surface area contributed by atoms with Gasteiger partial charge in [0.05, 0.1) is 10.8 Å². The Morgan fingerprint density at radius 2 is 0.550 bits per heavy atom. The highest BCUT2D eigenvalue weighted by Gasteiger charge is 2.51. The van der Waals surface area contributed by atoms with Crippen molar-refractivity contribution in [2.75, 3.05) is 9.80 Å². The van der Waals surface area contributed by atoms with Crippen LogP contribution in [-0.2, 0) is 10.8 Å². The van der Waals surface area contributed by atoms with Crippen LogP contribution in [0.2, 0.25) is 0 Å². The third-order valence-electron chi connectivity index (χ3n) is 22.6. The Bertz CT molecular complexity index is 5920. The monoisotopic (exact) mass is 1460 g/mol. The van der Waals surface area contributed by atoms with Crippen molar-refractivity contribution in [1.29, 1.82) is 0 Å². The van der Waals surface area contributed by atoms with Gasteiger partial charge in [-0.05, 0) is 231 Å². The molecule has 2 atom stereocenters. The molecule has 0 amide bonds. The van der Waals surface area contributed by atoms with E-state index in [1.54, 1.807) is 24.3 Å². The van der Waals surface area contributed by atoms with Gasteiger partial charge in [-0.1, -0.05) is 268 Å². The van der Waals surface area contributed by atoms with Gasteiger partial charge in [0.15, 0.2) is 31.3 Å². The van der Waals surface area contributed by atoms with Crippen LogP contribution in [0.4, 0.5) is 51.7 Å². The number of fused-ring (bicyclic) bond motifs is 9. The lowest BCUT2D eigenvalue weighted by Gasteiger charge is -2.35. The number of nitrogens with zero attached hydrogens (tertiary/aromatic N) is 2. The molecule has 530 valence electrons.